The maximum Gasteiger partial charge on any atom is 0.337 e. The highest BCUT2D eigenvalue weighted by atomic mass is 16.4. The molecule has 0 saturated heterocycles. The second-order valence-electron chi connectivity index (χ2n) is 5.16. The molecule has 6 N–H and O–H groups in total. The van der Waals surface area contributed by atoms with Crippen molar-refractivity contribution in [2.45, 2.75) is 20.8 Å². The number of benzene rings is 1. The highest BCUT2D eigenvalue weighted by Crippen LogP contribution is 2.24. The van der Waals surface area contributed by atoms with E-state index in [0.717, 1.165) is 0 Å². The van der Waals surface area contributed by atoms with Crippen LogP contribution < -0.4 is 16.8 Å². The van der Waals surface area contributed by atoms with Crippen LogP contribution in [-0.2, 0) is 4.79 Å². The molecule has 0 bridgehead atoms. The fraction of sp³-hybridized carbons (Fsp3) is 0.385. The van der Waals surface area contributed by atoms with Crippen LogP contribution in [-0.4, -0.2) is 23.5 Å². The van der Waals surface area contributed by atoms with E-state index < -0.39 is 17.3 Å². The van der Waals surface area contributed by atoms with Crippen molar-refractivity contribution in [2.24, 2.45) is 11.1 Å². The number of primary amides is 1. The van der Waals surface area contributed by atoms with Gasteiger partial charge in [-0.05, 0) is 38.5 Å². The third-order valence-corrected chi connectivity index (χ3v) is 3.02. The van der Waals surface area contributed by atoms with E-state index in [1.54, 1.807) is 26.8 Å². The van der Waals surface area contributed by atoms with Crippen molar-refractivity contribution in [3.8, 4) is 0 Å². The molecular weight excluding hydrogens is 246 g/mol. The average molecular weight is 265 g/mol. The van der Waals surface area contributed by atoms with E-state index in [1.807, 2.05) is 0 Å². The molecule has 0 heterocycles. The van der Waals surface area contributed by atoms with E-state index in [-0.39, 0.29) is 11.3 Å². The number of carboxylic acids is 1. The van der Waals surface area contributed by atoms with Gasteiger partial charge in [-0.15, -0.1) is 0 Å². The van der Waals surface area contributed by atoms with Crippen LogP contribution in [0.2, 0.25) is 0 Å². The SMILES string of the molecule is Cc1cc(NCC(C)(C)C(N)=O)cc(C(=O)O)c1N. The van der Waals surface area contributed by atoms with Crippen molar-refractivity contribution >= 4 is 23.3 Å². The number of nitrogen functional groups attached to an aromatic ring is 1. The molecule has 104 valence electrons. The van der Waals surface area contributed by atoms with Gasteiger partial charge < -0.3 is 21.9 Å². The second-order valence-corrected chi connectivity index (χ2v) is 5.16. The van der Waals surface area contributed by atoms with Crippen LogP contribution in [0.3, 0.4) is 0 Å². The normalized spacial score (nSPS) is 11.1. The van der Waals surface area contributed by atoms with Crippen molar-refractivity contribution in [3.63, 3.8) is 0 Å². The molecule has 0 aliphatic rings. The lowest BCUT2D eigenvalue weighted by molar-refractivity contribution is -0.125. The second kappa shape index (κ2) is 5.17. The summed E-state index contributed by atoms with van der Waals surface area (Å²) in [5.41, 5.74) is 11.8. The number of amides is 1. The van der Waals surface area contributed by atoms with E-state index in [9.17, 15) is 9.59 Å². The lowest BCUT2D eigenvalue weighted by atomic mass is 9.92. The van der Waals surface area contributed by atoms with Gasteiger partial charge >= 0.3 is 5.97 Å². The highest BCUT2D eigenvalue weighted by Gasteiger charge is 2.24. The molecule has 0 fully saturated rings. The molecular formula is C13H19N3O3. The molecule has 0 aromatic heterocycles. The molecule has 0 unspecified atom stereocenters. The number of carboxylic acid groups (broad SMARTS) is 1. The molecule has 1 amide bonds. The first-order valence-electron chi connectivity index (χ1n) is 5.82. The lowest BCUT2D eigenvalue weighted by Gasteiger charge is -2.22. The zero-order valence-electron chi connectivity index (χ0n) is 11.3. The van der Waals surface area contributed by atoms with Gasteiger partial charge in [-0.1, -0.05) is 0 Å². The maximum atomic E-state index is 11.2. The zero-order valence-corrected chi connectivity index (χ0v) is 11.3. The summed E-state index contributed by atoms with van der Waals surface area (Å²) < 4.78 is 0. The van der Waals surface area contributed by atoms with Crippen molar-refractivity contribution in [1.82, 2.24) is 0 Å². The first-order valence-corrected chi connectivity index (χ1v) is 5.82. The third-order valence-electron chi connectivity index (χ3n) is 3.02. The van der Waals surface area contributed by atoms with Crippen molar-refractivity contribution in [2.75, 3.05) is 17.6 Å². The fourth-order valence-corrected chi connectivity index (χ4v) is 1.49. The maximum absolute atomic E-state index is 11.2. The Morgan fingerprint density at radius 1 is 1.37 bits per heavy atom. The predicted octanol–water partition coefficient (Wildman–Crippen LogP) is 1.20. The average Bonchev–Trinajstić information content (AvgIpc) is 2.30. The summed E-state index contributed by atoms with van der Waals surface area (Å²) in [6.07, 6.45) is 0. The largest absolute Gasteiger partial charge is 0.478 e. The molecule has 1 rings (SSSR count). The molecule has 0 spiro atoms. The minimum Gasteiger partial charge on any atom is -0.478 e. The Kier molecular flexibility index (Phi) is 4.04. The quantitative estimate of drug-likeness (QED) is 0.596. The Morgan fingerprint density at radius 3 is 2.42 bits per heavy atom. The number of aryl methyl sites for hydroxylation is 1. The monoisotopic (exact) mass is 265 g/mol. The zero-order chi connectivity index (χ0) is 14.8. The number of hydrogen-bond donors (Lipinski definition) is 4. The van der Waals surface area contributed by atoms with E-state index in [0.29, 0.717) is 17.8 Å². The van der Waals surface area contributed by atoms with Gasteiger partial charge in [0.15, 0.2) is 0 Å². The lowest BCUT2D eigenvalue weighted by Crippen LogP contribution is -2.37. The van der Waals surface area contributed by atoms with Gasteiger partial charge in [0.2, 0.25) is 5.91 Å². The number of carbonyl (C=O) groups is 2. The molecule has 1 aromatic carbocycles. The summed E-state index contributed by atoms with van der Waals surface area (Å²) in [7, 11) is 0. The minimum absolute atomic E-state index is 0.0411. The van der Waals surface area contributed by atoms with Crippen LogP contribution in [0.25, 0.3) is 0 Å². The molecule has 0 atom stereocenters. The summed E-state index contributed by atoms with van der Waals surface area (Å²) in [6, 6.07) is 3.18. The van der Waals surface area contributed by atoms with Crippen molar-refractivity contribution in [3.05, 3.63) is 23.3 Å². The molecule has 6 nitrogen and oxygen atoms in total. The molecule has 0 saturated carbocycles. The summed E-state index contributed by atoms with van der Waals surface area (Å²) in [6.45, 7) is 5.46. The molecule has 0 aliphatic carbocycles. The van der Waals surface area contributed by atoms with Gasteiger partial charge in [-0.3, -0.25) is 4.79 Å². The standard InChI is InChI=1S/C13H19N3O3/c1-7-4-8(5-9(10(7)14)11(17)18)16-6-13(2,3)12(15)19/h4-5,16H,6,14H2,1-3H3,(H2,15,19)(H,17,18). The van der Waals surface area contributed by atoms with Gasteiger partial charge in [-0.25, -0.2) is 4.79 Å². The van der Waals surface area contributed by atoms with E-state index in [1.165, 1.54) is 6.07 Å². The smallest absolute Gasteiger partial charge is 0.337 e. The Balaban J connectivity index is 2.98. The number of aromatic carboxylic acids is 1. The highest BCUT2D eigenvalue weighted by molar-refractivity contribution is 5.95. The van der Waals surface area contributed by atoms with Gasteiger partial charge in [0.05, 0.1) is 11.0 Å². The van der Waals surface area contributed by atoms with Gasteiger partial charge in [0.1, 0.15) is 0 Å². The first kappa shape index (κ1) is 14.8. The van der Waals surface area contributed by atoms with Crippen LogP contribution in [0.1, 0.15) is 29.8 Å². The van der Waals surface area contributed by atoms with Crippen LogP contribution in [0, 0.1) is 12.3 Å². The van der Waals surface area contributed by atoms with Crippen LogP contribution in [0.4, 0.5) is 11.4 Å². The molecule has 0 radical (unpaired) electrons. The Hall–Kier alpha value is -2.24. The molecule has 1 aromatic rings. The minimum atomic E-state index is -1.08. The number of carbonyl (C=O) groups excluding carboxylic acids is 1. The topological polar surface area (TPSA) is 118 Å². The first-order chi connectivity index (χ1) is 8.65. The van der Waals surface area contributed by atoms with E-state index in [2.05, 4.69) is 5.32 Å². The number of rotatable bonds is 5. The van der Waals surface area contributed by atoms with Gasteiger partial charge in [0, 0.05) is 17.9 Å². The number of hydrogen-bond acceptors (Lipinski definition) is 4. The predicted molar refractivity (Wildman–Crippen MR) is 74.0 cm³/mol. The van der Waals surface area contributed by atoms with Gasteiger partial charge in [-0.2, -0.15) is 0 Å². The third kappa shape index (κ3) is 3.37. The van der Waals surface area contributed by atoms with E-state index in [4.69, 9.17) is 16.6 Å². The van der Waals surface area contributed by atoms with Crippen molar-refractivity contribution < 1.29 is 14.7 Å². The van der Waals surface area contributed by atoms with E-state index >= 15 is 0 Å². The number of anilines is 2. The number of nitrogens with one attached hydrogen (secondary N) is 1. The molecule has 6 heteroatoms. The Labute approximate surface area is 111 Å². The molecule has 0 aliphatic heterocycles. The fourth-order valence-electron chi connectivity index (χ4n) is 1.49. The van der Waals surface area contributed by atoms with Crippen LogP contribution in [0.5, 0.6) is 0 Å². The van der Waals surface area contributed by atoms with Gasteiger partial charge in [0.25, 0.3) is 0 Å². The van der Waals surface area contributed by atoms with Crippen LogP contribution >= 0.6 is 0 Å². The van der Waals surface area contributed by atoms with Crippen LogP contribution in [0.15, 0.2) is 12.1 Å². The summed E-state index contributed by atoms with van der Waals surface area (Å²) in [4.78, 5) is 22.3. The summed E-state index contributed by atoms with van der Waals surface area (Å²) in [5.74, 6) is -1.51. The van der Waals surface area contributed by atoms with Crippen molar-refractivity contribution in [1.29, 1.82) is 0 Å². The molecule has 19 heavy (non-hydrogen) atoms. The Morgan fingerprint density at radius 2 is 1.95 bits per heavy atom. The Bertz CT molecular complexity index is 524. The number of nitrogens with two attached hydrogens (primary N) is 2. The summed E-state index contributed by atoms with van der Waals surface area (Å²) in [5, 5.41) is 12.1. The summed E-state index contributed by atoms with van der Waals surface area (Å²) >= 11 is 0.